The fraction of sp³-hybridized carbons (Fsp3) is 0.125. The molecule has 3 aromatic carbocycles. The highest BCUT2D eigenvalue weighted by Gasteiger charge is 2.27. The smallest absolute Gasteiger partial charge is 0.337 e. The van der Waals surface area contributed by atoms with Gasteiger partial charge in [0.25, 0.3) is 15.9 Å². The SMILES string of the molecule is COC(=O)c1ccc(/C=N\NC(=O)CN(c2ccc(C)cc2)S(=O)(=O)c2ccccc2)cc1. The number of carbonyl (C=O) groups is 2. The molecular formula is C24H23N3O5S. The first-order chi connectivity index (χ1) is 15.8. The van der Waals surface area contributed by atoms with Crippen LogP contribution >= 0.6 is 0 Å². The van der Waals surface area contributed by atoms with Gasteiger partial charge in [-0.3, -0.25) is 9.10 Å². The maximum Gasteiger partial charge on any atom is 0.337 e. The van der Waals surface area contributed by atoms with E-state index in [9.17, 15) is 18.0 Å². The molecule has 0 aliphatic carbocycles. The molecule has 0 unspecified atom stereocenters. The molecule has 0 saturated carbocycles. The van der Waals surface area contributed by atoms with Crippen molar-refractivity contribution >= 4 is 33.8 Å². The first-order valence-electron chi connectivity index (χ1n) is 9.96. The summed E-state index contributed by atoms with van der Waals surface area (Å²) in [6.07, 6.45) is 1.39. The number of anilines is 1. The lowest BCUT2D eigenvalue weighted by Crippen LogP contribution is -2.39. The zero-order valence-electron chi connectivity index (χ0n) is 18.1. The van der Waals surface area contributed by atoms with E-state index in [4.69, 9.17) is 0 Å². The minimum absolute atomic E-state index is 0.0765. The van der Waals surface area contributed by atoms with Gasteiger partial charge in [-0.2, -0.15) is 5.10 Å². The molecule has 9 heteroatoms. The molecule has 8 nitrogen and oxygen atoms in total. The number of hydrogen-bond acceptors (Lipinski definition) is 6. The van der Waals surface area contributed by atoms with Gasteiger partial charge in [0, 0.05) is 0 Å². The largest absolute Gasteiger partial charge is 0.465 e. The van der Waals surface area contributed by atoms with Crippen molar-refractivity contribution in [2.45, 2.75) is 11.8 Å². The Balaban J connectivity index is 1.76. The number of aryl methyl sites for hydroxylation is 1. The zero-order chi connectivity index (χ0) is 23.8. The fourth-order valence-electron chi connectivity index (χ4n) is 2.91. The number of hydrogen-bond donors (Lipinski definition) is 1. The van der Waals surface area contributed by atoms with Crippen LogP contribution in [0.3, 0.4) is 0 Å². The highest BCUT2D eigenvalue weighted by atomic mass is 32.2. The van der Waals surface area contributed by atoms with Crippen molar-refractivity contribution in [3.05, 3.63) is 95.6 Å². The Morgan fingerprint density at radius 1 is 0.970 bits per heavy atom. The Hall–Kier alpha value is -3.98. The van der Waals surface area contributed by atoms with Crippen molar-refractivity contribution in [3.8, 4) is 0 Å². The summed E-state index contributed by atoms with van der Waals surface area (Å²) in [4.78, 5) is 24.1. The number of esters is 1. The predicted octanol–water partition coefficient (Wildman–Crippen LogP) is 3.13. The van der Waals surface area contributed by atoms with Crippen molar-refractivity contribution < 1.29 is 22.7 Å². The van der Waals surface area contributed by atoms with Crippen LogP contribution in [0.2, 0.25) is 0 Å². The van der Waals surface area contributed by atoms with E-state index in [0.717, 1.165) is 9.87 Å². The van der Waals surface area contributed by atoms with Crippen LogP contribution in [0, 0.1) is 6.92 Å². The predicted molar refractivity (Wildman–Crippen MR) is 126 cm³/mol. The van der Waals surface area contributed by atoms with Gasteiger partial charge in [0.15, 0.2) is 0 Å². The van der Waals surface area contributed by atoms with Crippen LogP contribution in [0.4, 0.5) is 5.69 Å². The Morgan fingerprint density at radius 2 is 1.61 bits per heavy atom. The monoisotopic (exact) mass is 465 g/mol. The van der Waals surface area contributed by atoms with Crippen LogP contribution in [-0.2, 0) is 19.6 Å². The van der Waals surface area contributed by atoms with Crippen LogP contribution < -0.4 is 9.73 Å². The number of nitrogens with one attached hydrogen (secondary N) is 1. The summed E-state index contributed by atoms with van der Waals surface area (Å²) in [5.74, 6) is -1.07. The molecule has 0 saturated heterocycles. The Labute approximate surface area is 192 Å². The number of carbonyl (C=O) groups excluding carboxylic acids is 2. The Morgan fingerprint density at radius 3 is 2.21 bits per heavy atom. The van der Waals surface area contributed by atoms with Crippen LogP contribution in [0.25, 0.3) is 0 Å². The van der Waals surface area contributed by atoms with Gasteiger partial charge in [-0.05, 0) is 48.9 Å². The average molecular weight is 466 g/mol. The number of amides is 1. The van der Waals surface area contributed by atoms with E-state index in [1.165, 1.54) is 25.5 Å². The molecule has 0 aliphatic rings. The number of methoxy groups -OCH3 is 1. The van der Waals surface area contributed by atoms with E-state index in [1.54, 1.807) is 66.7 Å². The molecule has 0 radical (unpaired) electrons. The van der Waals surface area contributed by atoms with E-state index in [1.807, 2.05) is 6.92 Å². The average Bonchev–Trinajstić information content (AvgIpc) is 2.83. The maximum absolute atomic E-state index is 13.2. The highest BCUT2D eigenvalue weighted by Crippen LogP contribution is 2.23. The van der Waals surface area contributed by atoms with Gasteiger partial charge in [-0.25, -0.2) is 18.6 Å². The van der Waals surface area contributed by atoms with Crippen LogP contribution in [-0.4, -0.2) is 40.2 Å². The molecule has 0 heterocycles. The number of rotatable bonds is 8. The summed E-state index contributed by atoms with van der Waals surface area (Å²) in [6, 6.07) is 21.2. The van der Waals surface area contributed by atoms with E-state index >= 15 is 0 Å². The summed E-state index contributed by atoms with van der Waals surface area (Å²) in [5, 5.41) is 3.89. The number of benzene rings is 3. The Kier molecular flexibility index (Phi) is 7.57. The minimum Gasteiger partial charge on any atom is -0.465 e. The highest BCUT2D eigenvalue weighted by molar-refractivity contribution is 7.92. The summed E-state index contributed by atoms with van der Waals surface area (Å²) < 4.78 is 32.1. The van der Waals surface area contributed by atoms with Gasteiger partial charge in [0.05, 0.1) is 29.5 Å². The molecule has 170 valence electrons. The first-order valence-corrected chi connectivity index (χ1v) is 11.4. The van der Waals surface area contributed by atoms with Crippen molar-refractivity contribution in [2.24, 2.45) is 5.10 Å². The normalized spacial score (nSPS) is 11.2. The maximum atomic E-state index is 13.2. The molecule has 1 N–H and O–H groups in total. The van der Waals surface area contributed by atoms with Crippen molar-refractivity contribution in [1.82, 2.24) is 5.43 Å². The molecule has 0 aromatic heterocycles. The molecule has 0 bridgehead atoms. The summed E-state index contributed by atoms with van der Waals surface area (Å²) in [6.45, 7) is 1.43. The summed E-state index contributed by atoms with van der Waals surface area (Å²) in [7, 11) is -2.68. The molecule has 3 rings (SSSR count). The lowest BCUT2D eigenvalue weighted by atomic mass is 10.1. The van der Waals surface area contributed by atoms with Crippen LogP contribution in [0.5, 0.6) is 0 Å². The lowest BCUT2D eigenvalue weighted by molar-refractivity contribution is -0.119. The number of ether oxygens (including phenoxy) is 1. The van der Waals surface area contributed by atoms with Crippen molar-refractivity contribution in [1.29, 1.82) is 0 Å². The van der Waals surface area contributed by atoms with Gasteiger partial charge < -0.3 is 4.74 Å². The quantitative estimate of drug-likeness (QED) is 0.313. The molecule has 0 spiro atoms. The van der Waals surface area contributed by atoms with Gasteiger partial charge >= 0.3 is 5.97 Å². The molecule has 1 amide bonds. The van der Waals surface area contributed by atoms with Gasteiger partial charge in [-0.15, -0.1) is 0 Å². The fourth-order valence-corrected chi connectivity index (χ4v) is 4.36. The van der Waals surface area contributed by atoms with Crippen LogP contribution in [0.15, 0.2) is 88.9 Å². The summed E-state index contributed by atoms with van der Waals surface area (Å²) >= 11 is 0. The summed E-state index contributed by atoms with van der Waals surface area (Å²) in [5.41, 5.74) is 4.69. The van der Waals surface area contributed by atoms with E-state index in [-0.39, 0.29) is 4.90 Å². The molecule has 3 aromatic rings. The van der Waals surface area contributed by atoms with E-state index in [2.05, 4.69) is 15.3 Å². The van der Waals surface area contributed by atoms with Gasteiger partial charge in [-0.1, -0.05) is 48.0 Å². The standard InChI is InChI=1S/C24H23N3O5S/c1-18-8-14-21(15-9-18)27(33(30,31)22-6-4-3-5-7-22)17-23(28)26-25-16-19-10-12-20(13-11-19)24(29)32-2/h3-16H,17H2,1-2H3,(H,26,28)/b25-16-. The molecular weight excluding hydrogens is 442 g/mol. The molecule has 0 fully saturated rings. The second-order valence-electron chi connectivity index (χ2n) is 7.07. The third kappa shape index (κ3) is 6.05. The second kappa shape index (κ2) is 10.6. The zero-order valence-corrected chi connectivity index (χ0v) is 19.0. The number of sulfonamides is 1. The molecule has 0 aliphatic heterocycles. The van der Waals surface area contributed by atoms with E-state index < -0.39 is 28.4 Å². The van der Waals surface area contributed by atoms with Crippen LogP contribution in [0.1, 0.15) is 21.5 Å². The van der Waals surface area contributed by atoms with Crippen molar-refractivity contribution in [2.75, 3.05) is 18.0 Å². The molecule has 0 atom stereocenters. The third-order valence-corrected chi connectivity index (χ3v) is 6.46. The molecule has 33 heavy (non-hydrogen) atoms. The van der Waals surface area contributed by atoms with Crippen molar-refractivity contribution in [3.63, 3.8) is 0 Å². The third-order valence-electron chi connectivity index (χ3n) is 4.68. The topological polar surface area (TPSA) is 105 Å². The van der Waals surface area contributed by atoms with Gasteiger partial charge in [0.2, 0.25) is 0 Å². The minimum atomic E-state index is -3.98. The Bertz CT molecular complexity index is 1240. The van der Waals surface area contributed by atoms with E-state index in [0.29, 0.717) is 16.8 Å². The number of nitrogens with zero attached hydrogens (tertiary/aromatic N) is 2. The van der Waals surface area contributed by atoms with Gasteiger partial charge in [0.1, 0.15) is 6.54 Å². The second-order valence-corrected chi connectivity index (χ2v) is 8.93. The first kappa shape index (κ1) is 23.7. The lowest BCUT2D eigenvalue weighted by Gasteiger charge is -2.23. The number of hydrazone groups is 1.